The Labute approximate surface area is 71.0 Å². The van der Waals surface area contributed by atoms with E-state index in [2.05, 4.69) is 0 Å². The third-order valence-corrected chi connectivity index (χ3v) is 3.33. The maximum Gasteiger partial charge on any atom is 0.178 e. The lowest BCUT2D eigenvalue weighted by Crippen LogP contribution is -2.40. The van der Waals surface area contributed by atoms with Crippen molar-refractivity contribution in [1.29, 1.82) is 0 Å². The molecule has 0 aromatic rings. The van der Waals surface area contributed by atoms with Gasteiger partial charge in [-0.2, -0.15) is 0 Å². The van der Waals surface area contributed by atoms with E-state index in [1.165, 1.54) is 0 Å². The molecule has 1 heterocycles. The molecule has 0 unspecified atom stereocenters. The minimum atomic E-state index is -0.472. The van der Waals surface area contributed by atoms with Crippen molar-refractivity contribution >= 4 is 5.78 Å². The van der Waals surface area contributed by atoms with Crippen molar-refractivity contribution in [3.63, 3.8) is 0 Å². The summed E-state index contributed by atoms with van der Waals surface area (Å²) >= 11 is 0. The highest BCUT2D eigenvalue weighted by Crippen LogP contribution is 2.52. The van der Waals surface area contributed by atoms with Gasteiger partial charge in [-0.3, -0.25) is 4.79 Å². The second kappa shape index (κ2) is 2.09. The molecule has 3 aliphatic rings. The minimum absolute atomic E-state index is 0.0602. The highest BCUT2D eigenvalue weighted by Gasteiger charge is 2.59. The zero-order valence-corrected chi connectivity index (χ0v) is 6.91. The molecule has 66 valence electrons. The van der Waals surface area contributed by atoms with Gasteiger partial charge in [0, 0.05) is 12.8 Å². The summed E-state index contributed by atoms with van der Waals surface area (Å²) in [5, 5.41) is 0. The van der Waals surface area contributed by atoms with Gasteiger partial charge in [-0.25, -0.2) is 0 Å². The van der Waals surface area contributed by atoms with Crippen LogP contribution in [0.1, 0.15) is 19.3 Å². The first-order valence-corrected chi connectivity index (χ1v) is 4.61. The summed E-state index contributed by atoms with van der Waals surface area (Å²) in [7, 11) is 0. The number of carbonyl (C=O) groups excluding carboxylic acids is 1. The largest absolute Gasteiger partial charge is 0.347 e. The average molecular weight is 168 g/mol. The lowest BCUT2D eigenvalue weighted by molar-refractivity contribution is -0.191. The normalized spacial score (nSPS) is 43.2. The van der Waals surface area contributed by atoms with Gasteiger partial charge in [0.2, 0.25) is 0 Å². The number of ketones is 1. The molecule has 3 nitrogen and oxygen atoms in total. The van der Waals surface area contributed by atoms with Crippen molar-refractivity contribution in [3.8, 4) is 0 Å². The smallest absolute Gasteiger partial charge is 0.178 e. The monoisotopic (exact) mass is 168 g/mol. The number of hydrogen-bond donors (Lipinski definition) is 0. The highest BCUT2D eigenvalue weighted by atomic mass is 16.7. The molecule has 3 heteroatoms. The third-order valence-electron chi connectivity index (χ3n) is 3.33. The fourth-order valence-electron chi connectivity index (χ4n) is 2.89. The molecule has 3 fully saturated rings. The van der Waals surface area contributed by atoms with E-state index >= 15 is 0 Å². The number of fused-ring (bicyclic) bond motifs is 3. The van der Waals surface area contributed by atoms with Gasteiger partial charge in [0.25, 0.3) is 0 Å². The van der Waals surface area contributed by atoms with Gasteiger partial charge in [-0.1, -0.05) is 0 Å². The van der Waals surface area contributed by atoms with E-state index < -0.39 is 5.79 Å². The maximum absolute atomic E-state index is 11.4. The zero-order chi connectivity index (χ0) is 8.18. The Morgan fingerprint density at radius 1 is 1.33 bits per heavy atom. The number of hydrogen-bond acceptors (Lipinski definition) is 3. The molecule has 0 radical (unpaired) electrons. The molecule has 0 aromatic carbocycles. The summed E-state index contributed by atoms with van der Waals surface area (Å²) in [4.78, 5) is 11.4. The van der Waals surface area contributed by atoms with Gasteiger partial charge >= 0.3 is 0 Å². The molecule has 3 rings (SSSR count). The van der Waals surface area contributed by atoms with Crippen LogP contribution in [0.2, 0.25) is 0 Å². The van der Waals surface area contributed by atoms with Gasteiger partial charge in [0.05, 0.1) is 19.1 Å². The molecular formula is C9H12O3. The summed E-state index contributed by atoms with van der Waals surface area (Å²) in [6, 6.07) is 0. The van der Waals surface area contributed by atoms with E-state index in [0.29, 0.717) is 24.9 Å². The van der Waals surface area contributed by atoms with E-state index in [1.54, 1.807) is 0 Å². The predicted molar refractivity (Wildman–Crippen MR) is 40.5 cm³/mol. The van der Waals surface area contributed by atoms with Crippen LogP contribution in [-0.2, 0) is 14.3 Å². The van der Waals surface area contributed by atoms with E-state index in [1.807, 2.05) is 0 Å². The lowest BCUT2D eigenvalue weighted by Gasteiger charge is -2.30. The maximum atomic E-state index is 11.4. The van der Waals surface area contributed by atoms with Crippen molar-refractivity contribution in [2.24, 2.45) is 11.8 Å². The van der Waals surface area contributed by atoms with Crippen molar-refractivity contribution in [1.82, 2.24) is 0 Å². The summed E-state index contributed by atoms with van der Waals surface area (Å²) in [6.45, 7) is 1.33. The number of ether oxygens (including phenoxy) is 2. The van der Waals surface area contributed by atoms with E-state index in [-0.39, 0.29) is 5.92 Å². The first-order chi connectivity index (χ1) is 5.80. The van der Waals surface area contributed by atoms with Gasteiger partial charge < -0.3 is 9.47 Å². The van der Waals surface area contributed by atoms with Crippen molar-refractivity contribution in [2.45, 2.75) is 25.0 Å². The Balaban J connectivity index is 1.94. The molecule has 2 saturated carbocycles. The molecule has 0 amide bonds. The van der Waals surface area contributed by atoms with Gasteiger partial charge in [0.1, 0.15) is 5.78 Å². The minimum Gasteiger partial charge on any atom is -0.347 e. The molecular weight excluding hydrogens is 156 g/mol. The molecule has 12 heavy (non-hydrogen) atoms. The molecule has 1 spiro atoms. The number of carbonyl (C=O) groups is 1. The van der Waals surface area contributed by atoms with Crippen LogP contribution in [0.3, 0.4) is 0 Å². The summed E-state index contributed by atoms with van der Waals surface area (Å²) in [6.07, 6.45) is 2.71. The Morgan fingerprint density at radius 2 is 2.08 bits per heavy atom. The quantitative estimate of drug-likeness (QED) is 0.535. The Hall–Kier alpha value is -0.410. The molecule has 2 aliphatic carbocycles. The van der Waals surface area contributed by atoms with Crippen LogP contribution in [0.5, 0.6) is 0 Å². The van der Waals surface area contributed by atoms with E-state index in [4.69, 9.17) is 9.47 Å². The first-order valence-electron chi connectivity index (χ1n) is 4.61. The second-order valence-electron chi connectivity index (χ2n) is 4.04. The topological polar surface area (TPSA) is 35.5 Å². The number of Topliss-reactive ketones (excluding diaryl/α,β-unsaturated/α-hetero) is 1. The van der Waals surface area contributed by atoms with E-state index in [9.17, 15) is 4.79 Å². The lowest BCUT2D eigenvalue weighted by atomic mass is 9.93. The molecule has 1 saturated heterocycles. The average Bonchev–Trinajstić information content (AvgIpc) is 2.66. The fourth-order valence-corrected chi connectivity index (χ4v) is 2.89. The van der Waals surface area contributed by atoms with Crippen LogP contribution < -0.4 is 0 Å². The summed E-state index contributed by atoms with van der Waals surface area (Å²) in [5.74, 6) is 0.485. The van der Waals surface area contributed by atoms with Crippen molar-refractivity contribution < 1.29 is 14.3 Å². The molecule has 0 N–H and O–H groups in total. The van der Waals surface area contributed by atoms with Crippen LogP contribution in [0, 0.1) is 11.8 Å². The first kappa shape index (κ1) is 7.04. The van der Waals surface area contributed by atoms with Crippen molar-refractivity contribution in [2.75, 3.05) is 13.2 Å². The van der Waals surface area contributed by atoms with Crippen LogP contribution in [-0.4, -0.2) is 24.8 Å². The third kappa shape index (κ3) is 0.709. The van der Waals surface area contributed by atoms with Crippen molar-refractivity contribution in [3.05, 3.63) is 0 Å². The van der Waals surface area contributed by atoms with Crippen LogP contribution in [0.4, 0.5) is 0 Å². The summed E-state index contributed by atoms with van der Waals surface area (Å²) < 4.78 is 11.1. The molecule has 2 atom stereocenters. The Kier molecular flexibility index (Phi) is 1.23. The van der Waals surface area contributed by atoms with Gasteiger partial charge in [0.15, 0.2) is 5.79 Å². The van der Waals surface area contributed by atoms with Crippen LogP contribution in [0.25, 0.3) is 0 Å². The SMILES string of the molecule is O=C1C[C@@H]2C[C@H]1C1(C2)OCCO1. The Morgan fingerprint density at radius 3 is 2.67 bits per heavy atom. The predicted octanol–water partition coefficient (Wildman–Crippen LogP) is 0.728. The second-order valence-corrected chi connectivity index (χ2v) is 4.04. The molecule has 0 aromatic heterocycles. The zero-order valence-electron chi connectivity index (χ0n) is 6.91. The fraction of sp³-hybridized carbons (Fsp3) is 0.889. The summed E-state index contributed by atoms with van der Waals surface area (Å²) in [5.41, 5.74) is 0. The standard InChI is InChI=1S/C9H12O3/c10-8-4-6-3-7(8)9(5-6)11-1-2-12-9/h6-7H,1-5H2/t6-,7+/m0/s1. The van der Waals surface area contributed by atoms with Crippen LogP contribution in [0.15, 0.2) is 0 Å². The number of rotatable bonds is 0. The Bertz CT molecular complexity index is 230. The molecule has 1 aliphatic heterocycles. The highest BCUT2D eigenvalue weighted by molar-refractivity contribution is 5.85. The van der Waals surface area contributed by atoms with Gasteiger partial charge in [-0.15, -0.1) is 0 Å². The molecule has 2 bridgehead atoms. The van der Waals surface area contributed by atoms with Gasteiger partial charge in [-0.05, 0) is 12.3 Å². The van der Waals surface area contributed by atoms with Crippen LogP contribution >= 0.6 is 0 Å². The van der Waals surface area contributed by atoms with E-state index in [0.717, 1.165) is 19.3 Å².